The van der Waals surface area contributed by atoms with Crippen LogP contribution in [-0.2, 0) is 6.42 Å². The lowest BCUT2D eigenvalue weighted by Crippen LogP contribution is -2.65. The van der Waals surface area contributed by atoms with E-state index in [-0.39, 0.29) is 0 Å². The molecule has 122 valence electrons. The van der Waals surface area contributed by atoms with Gasteiger partial charge in [0.2, 0.25) is 0 Å². The lowest BCUT2D eigenvalue weighted by molar-refractivity contribution is 1.27. The van der Waals surface area contributed by atoms with Crippen LogP contribution in [0.5, 0.6) is 0 Å². The Morgan fingerprint density at radius 1 is 0.833 bits per heavy atom. The van der Waals surface area contributed by atoms with Crippen LogP contribution in [0, 0.1) is 0 Å². The molecule has 0 aromatic heterocycles. The first-order chi connectivity index (χ1) is 11.4. The molecule has 1 atom stereocenters. The van der Waals surface area contributed by atoms with Gasteiger partial charge < -0.3 is 0 Å². The average molecular weight is 347 g/mol. The number of allylic oxidation sites excluding steroid dienone is 4. The van der Waals surface area contributed by atoms with Gasteiger partial charge in [-0.2, -0.15) is 0 Å². The predicted octanol–water partition coefficient (Wildman–Crippen LogP) is 5.39. The fourth-order valence-electron chi connectivity index (χ4n) is 4.50. The van der Waals surface area contributed by atoms with Crippen molar-refractivity contribution in [3.63, 3.8) is 0 Å². The third kappa shape index (κ3) is 2.16. The zero-order chi connectivity index (χ0) is 16.9. The van der Waals surface area contributed by atoms with Crippen LogP contribution in [0.15, 0.2) is 65.9 Å². The van der Waals surface area contributed by atoms with Gasteiger partial charge in [-0.1, -0.05) is 97.3 Å². The topological polar surface area (TPSA) is 0 Å². The molecule has 0 heterocycles. The van der Waals surface area contributed by atoms with Crippen molar-refractivity contribution in [2.75, 3.05) is 0 Å². The molecule has 2 aromatic rings. The van der Waals surface area contributed by atoms with Crippen molar-refractivity contribution >= 4 is 20.4 Å². The quantitative estimate of drug-likeness (QED) is 0.558. The molecule has 0 spiro atoms. The number of hydrogen-bond donors (Lipinski definition) is 0. The van der Waals surface area contributed by atoms with E-state index in [0.717, 1.165) is 6.42 Å². The maximum absolute atomic E-state index is 2.65. The smallest absolute Gasteiger partial charge is 0.0809 e. The van der Waals surface area contributed by atoms with E-state index in [1.807, 2.05) is 0 Å². The van der Waals surface area contributed by atoms with Crippen molar-refractivity contribution in [3.05, 3.63) is 77.0 Å². The van der Waals surface area contributed by atoms with Crippen LogP contribution in [-0.4, -0.2) is 15.2 Å². The summed E-state index contributed by atoms with van der Waals surface area (Å²) in [5, 5.41) is 3.45. The lowest BCUT2D eigenvalue weighted by atomic mass is 10.1. The van der Waals surface area contributed by atoms with Crippen LogP contribution in [0.3, 0.4) is 0 Å². The minimum Gasteiger partial charge on any atom is -0.0809 e. The van der Waals surface area contributed by atoms with Crippen molar-refractivity contribution in [1.82, 2.24) is 0 Å². The fourth-order valence-corrected chi connectivity index (χ4v) is 15.4. The van der Waals surface area contributed by atoms with E-state index in [9.17, 15) is 0 Å². The van der Waals surface area contributed by atoms with Gasteiger partial charge in [0.05, 0.1) is 0 Å². The Labute approximate surface area is 147 Å². The predicted molar refractivity (Wildman–Crippen MR) is 111 cm³/mol. The highest BCUT2D eigenvalue weighted by molar-refractivity contribution is 7.48. The summed E-state index contributed by atoms with van der Waals surface area (Å²) in [6.45, 7) is 10.4. The minimum absolute atomic E-state index is 1.12. The first-order valence-electron chi connectivity index (χ1n) is 9.00. The van der Waals surface area contributed by atoms with Gasteiger partial charge >= 0.3 is 0 Å². The van der Waals surface area contributed by atoms with Crippen molar-refractivity contribution in [2.24, 2.45) is 0 Å². The first-order valence-corrected chi connectivity index (χ1v) is 16.0. The van der Waals surface area contributed by atoms with Gasteiger partial charge in [-0.15, -0.1) is 0 Å². The molecule has 4 rings (SSSR count). The second kappa shape index (κ2) is 5.43. The van der Waals surface area contributed by atoms with Gasteiger partial charge in [0.1, 0.15) is 7.59 Å². The largest absolute Gasteiger partial charge is 0.103 e. The van der Waals surface area contributed by atoms with Crippen LogP contribution >= 0.6 is 0 Å². The van der Waals surface area contributed by atoms with Crippen LogP contribution in [0.1, 0.15) is 17.5 Å². The molecule has 2 heteroatoms. The Kier molecular flexibility index (Phi) is 3.59. The molecule has 0 nitrogen and oxygen atoms in total. The van der Waals surface area contributed by atoms with Gasteiger partial charge in [0.15, 0.2) is 0 Å². The van der Waals surface area contributed by atoms with Crippen LogP contribution < -0.4 is 5.19 Å². The van der Waals surface area contributed by atoms with Gasteiger partial charge in [0, 0.05) is 7.59 Å². The number of hydrogen-bond acceptors (Lipinski definition) is 0. The van der Waals surface area contributed by atoms with E-state index >= 15 is 0 Å². The Hall–Kier alpha value is -1.65. The first kappa shape index (κ1) is 15.9. The molecule has 24 heavy (non-hydrogen) atoms. The zero-order valence-corrected chi connectivity index (χ0v) is 17.2. The summed E-state index contributed by atoms with van der Waals surface area (Å²) in [5.41, 5.74) is 6.08. The summed E-state index contributed by atoms with van der Waals surface area (Å²) in [4.78, 5) is 0. The minimum atomic E-state index is -1.65. The molecule has 0 fully saturated rings. The van der Waals surface area contributed by atoms with E-state index in [1.54, 1.807) is 15.9 Å². The van der Waals surface area contributed by atoms with Crippen molar-refractivity contribution in [2.45, 2.75) is 39.0 Å². The van der Waals surface area contributed by atoms with Crippen LogP contribution in [0.25, 0.3) is 11.1 Å². The van der Waals surface area contributed by atoms with Crippen molar-refractivity contribution in [1.29, 1.82) is 0 Å². The van der Waals surface area contributed by atoms with Crippen molar-refractivity contribution in [3.8, 4) is 11.1 Å². The summed E-state index contributed by atoms with van der Waals surface area (Å²) in [6.07, 6.45) is 9.35. The molecule has 0 aliphatic heterocycles. The highest BCUT2D eigenvalue weighted by Crippen LogP contribution is 2.39. The third-order valence-electron chi connectivity index (χ3n) is 6.30. The van der Waals surface area contributed by atoms with E-state index in [0.29, 0.717) is 0 Å². The van der Waals surface area contributed by atoms with Gasteiger partial charge in [-0.3, -0.25) is 0 Å². The van der Waals surface area contributed by atoms with Gasteiger partial charge in [-0.25, -0.2) is 0 Å². The molecule has 2 aliphatic carbocycles. The van der Waals surface area contributed by atoms with Crippen LogP contribution in [0.4, 0.5) is 0 Å². The number of rotatable bonds is 3. The third-order valence-corrected chi connectivity index (χ3v) is 23.3. The molecular formula is C22H26Si2. The molecule has 0 radical (unpaired) electrons. The van der Waals surface area contributed by atoms with E-state index in [4.69, 9.17) is 0 Å². The standard InChI is InChI=1S/C22H26Si2/c1-23(2,3)24(4,18-11-6-7-12-18)22-15-9-14-20-19-13-8-5-10-17(19)16-21(20)22/h5-11,13-15H,12,16H2,1-4H3. The molecule has 0 N–H and O–H groups in total. The second-order valence-corrected chi connectivity index (χ2v) is 23.8. The van der Waals surface area contributed by atoms with Crippen LogP contribution in [0.2, 0.25) is 26.2 Å². The van der Waals surface area contributed by atoms with Gasteiger partial charge in [0.25, 0.3) is 0 Å². The summed E-state index contributed by atoms with van der Waals surface area (Å²) in [7, 11) is -2.98. The fraction of sp³-hybridized carbons (Fsp3) is 0.273. The number of benzene rings is 2. The van der Waals surface area contributed by atoms with E-state index in [2.05, 4.69) is 86.9 Å². The summed E-state index contributed by atoms with van der Waals surface area (Å²) in [6, 6.07) is 16.1. The maximum Gasteiger partial charge on any atom is 0.103 e. The second-order valence-electron chi connectivity index (χ2n) is 8.36. The molecule has 0 bridgehead atoms. The Morgan fingerprint density at radius 2 is 1.58 bits per heavy atom. The monoisotopic (exact) mass is 346 g/mol. The van der Waals surface area contributed by atoms with Gasteiger partial charge in [-0.05, 0) is 35.1 Å². The van der Waals surface area contributed by atoms with E-state index in [1.165, 1.54) is 23.1 Å². The maximum atomic E-state index is 2.65. The highest BCUT2D eigenvalue weighted by atomic mass is 29.3. The Bertz CT molecular complexity index is 868. The van der Waals surface area contributed by atoms with Crippen molar-refractivity contribution < 1.29 is 0 Å². The zero-order valence-electron chi connectivity index (χ0n) is 15.2. The summed E-state index contributed by atoms with van der Waals surface area (Å²) in [5.74, 6) is 0. The molecule has 0 amide bonds. The molecule has 1 unspecified atom stereocenters. The summed E-state index contributed by atoms with van der Waals surface area (Å²) >= 11 is 0. The SMILES string of the molecule is C[Si](C)(C)[Si](C)(C1=CC=CC1)c1cccc2c1Cc1ccccc1-2. The average Bonchev–Trinajstić information content (AvgIpc) is 3.20. The van der Waals surface area contributed by atoms with E-state index < -0.39 is 15.2 Å². The summed E-state index contributed by atoms with van der Waals surface area (Å²) < 4.78 is 0. The molecular weight excluding hydrogens is 320 g/mol. The number of fused-ring (bicyclic) bond motifs is 3. The molecule has 0 saturated carbocycles. The highest BCUT2D eigenvalue weighted by Gasteiger charge is 2.47. The molecule has 0 saturated heterocycles. The Balaban J connectivity index is 1.94. The molecule has 2 aliphatic rings. The lowest BCUT2D eigenvalue weighted by Gasteiger charge is -2.42. The Morgan fingerprint density at radius 3 is 2.29 bits per heavy atom. The normalized spacial score (nSPS) is 18.1. The molecule has 2 aromatic carbocycles.